The van der Waals surface area contributed by atoms with E-state index in [0.29, 0.717) is 27.6 Å². The Morgan fingerprint density at radius 2 is 2.00 bits per heavy atom. The van der Waals surface area contributed by atoms with Gasteiger partial charge in [0.25, 0.3) is 0 Å². The lowest BCUT2D eigenvalue weighted by Gasteiger charge is -2.12. The highest BCUT2D eigenvalue weighted by molar-refractivity contribution is 7.89. The van der Waals surface area contributed by atoms with Gasteiger partial charge in [0.1, 0.15) is 5.52 Å². The van der Waals surface area contributed by atoms with Crippen LogP contribution in [0.15, 0.2) is 45.7 Å². The van der Waals surface area contributed by atoms with E-state index in [2.05, 4.69) is 9.71 Å². The van der Waals surface area contributed by atoms with E-state index in [4.69, 9.17) is 16.0 Å². The van der Waals surface area contributed by atoms with Crippen molar-refractivity contribution in [2.75, 3.05) is 6.54 Å². The van der Waals surface area contributed by atoms with E-state index in [0.717, 1.165) is 0 Å². The second-order valence-corrected chi connectivity index (χ2v) is 8.78. The molecule has 0 aliphatic carbocycles. The first-order valence-electron chi connectivity index (χ1n) is 8.59. The van der Waals surface area contributed by atoms with E-state index in [1.807, 2.05) is 13.8 Å². The Labute approximate surface area is 167 Å². The Balaban J connectivity index is 1.74. The maximum Gasteiger partial charge on any atom is 0.336 e. The highest BCUT2D eigenvalue weighted by atomic mass is 35.5. The molecule has 1 aromatic heterocycles. The number of nitrogens with zero attached hydrogens (tertiary/aromatic N) is 1. The normalized spacial score (nSPS) is 12.0. The van der Waals surface area contributed by atoms with Gasteiger partial charge in [-0.25, -0.2) is 22.9 Å². The molecule has 0 bridgehead atoms. The lowest BCUT2D eigenvalue weighted by molar-refractivity contribution is 0.0695. The van der Waals surface area contributed by atoms with Gasteiger partial charge < -0.3 is 9.52 Å². The average Bonchev–Trinajstić information content (AvgIpc) is 3.02. The standard InChI is InChI=1S/C19H19ClN2O5S/c1-11(2)14-5-4-13(10-15(14)19(23)24)28(25,26)21-8-7-18-22-16-9-12(20)3-6-17(16)27-18/h3-6,9-11,21H,7-8H2,1-2H3,(H,23,24). The van der Waals surface area contributed by atoms with Gasteiger partial charge in [0.15, 0.2) is 11.5 Å². The summed E-state index contributed by atoms with van der Waals surface area (Å²) in [7, 11) is -3.87. The Kier molecular flexibility index (Phi) is 5.74. The lowest BCUT2D eigenvalue weighted by Crippen LogP contribution is -2.26. The molecule has 0 aliphatic rings. The van der Waals surface area contributed by atoms with Crippen molar-refractivity contribution in [2.24, 2.45) is 0 Å². The van der Waals surface area contributed by atoms with E-state index in [-0.39, 0.29) is 29.3 Å². The second-order valence-electron chi connectivity index (χ2n) is 6.58. The van der Waals surface area contributed by atoms with Crippen LogP contribution in [0.1, 0.15) is 41.6 Å². The zero-order valence-corrected chi connectivity index (χ0v) is 16.8. The van der Waals surface area contributed by atoms with Crippen molar-refractivity contribution < 1.29 is 22.7 Å². The number of hydrogen-bond acceptors (Lipinski definition) is 5. The van der Waals surface area contributed by atoms with Crippen LogP contribution in [0.4, 0.5) is 0 Å². The van der Waals surface area contributed by atoms with E-state index in [9.17, 15) is 18.3 Å². The third-order valence-electron chi connectivity index (χ3n) is 4.21. The molecule has 0 fully saturated rings. The first-order chi connectivity index (χ1) is 13.2. The Bertz CT molecular complexity index is 1140. The average molecular weight is 423 g/mol. The smallest absolute Gasteiger partial charge is 0.336 e. The molecule has 2 N–H and O–H groups in total. The fraction of sp³-hybridized carbons (Fsp3) is 0.263. The first kappa shape index (κ1) is 20.3. The van der Waals surface area contributed by atoms with Crippen molar-refractivity contribution >= 4 is 38.7 Å². The maximum atomic E-state index is 12.5. The van der Waals surface area contributed by atoms with Gasteiger partial charge in [0.05, 0.1) is 10.5 Å². The molecule has 0 amide bonds. The van der Waals surface area contributed by atoms with Crippen molar-refractivity contribution in [1.29, 1.82) is 0 Å². The molecule has 2 aromatic carbocycles. The van der Waals surface area contributed by atoms with E-state index in [1.165, 1.54) is 18.2 Å². The highest BCUT2D eigenvalue weighted by Crippen LogP contribution is 2.23. The quantitative estimate of drug-likeness (QED) is 0.598. The Hall–Kier alpha value is -2.42. The van der Waals surface area contributed by atoms with Gasteiger partial charge in [-0.15, -0.1) is 0 Å². The summed E-state index contributed by atoms with van der Waals surface area (Å²) in [5.41, 5.74) is 1.73. The third-order valence-corrected chi connectivity index (χ3v) is 5.91. The molecule has 3 rings (SSSR count). The van der Waals surface area contributed by atoms with Crippen molar-refractivity contribution in [1.82, 2.24) is 9.71 Å². The van der Waals surface area contributed by atoms with E-state index < -0.39 is 16.0 Å². The first-order valence-corrected chi connectivity index (χ1v) is 10.5. The van der Waals surface area contributed by atoms with Crippen LogP contribution in [-0.2, 0) is 16.4 Å². The summed E-state index contributed by atoms with van der Waals surface area (Å²) in [6.45, 7) is 3.75. The van der Waals surface area contributed by atoms with Crippen LogP contribution in [0.5, 0.6) is 0 Å². The SMILES string of the molecule is CC(C)c1ccc(S(=O)(=O)NCCc2nc3cc(Cl)ccc3o2)cc1C(=O)O. The van der Waals surface area contributed by atoms with Crippen molar-refractivity contribution in [3.63, 3.8) is 0 Å². The predicted molar refractivity (Wildman–Crippen MR) is 105 cm³/mol. The van der Waals surface area contributed by atoms with Crippen molar-refractivity contribution in [2.45, 2.75) is 31.1 Å². The molecule has 7 nitrogen and oxygen atoms in total. The lowest BCUT2D eigenvalue weighted by atomic mass is 9.97. The highest BCUT2D eigenvalue weighted by Gasteiger charge is 2.20. The van der Waals surface area contributed by atoms with E-state index in [1.54, 1.807) is 18.2 Å². The van der Waals surface area contributed by atoms with Crippen LogP contribution >= 0.6 is 11.6 Å². The number of nitrogens with one attached hydrogen (secondary N) is 1. The predicted octanol–water partition coefficient (Wildman–Crippen LogP) is 3.82. The number of fused-ring (bicyclic) bond motifs is 1. The zero-order chi connectivity index (χ0) is 20.5. The van der Waals surface area contributed by atoms with Gasteiger partial charge in [0.2, 0.25) is 10.0 Å². The fourth-order valence-corrected chi connectivity index (χ4v) is 4.05. The molecule has 1 heterocycles. The summed E-state index contributed by atoms with van der Waals surface area (Å²) in [5.74, 6) is -0.823. The monoisotopic (exact) mass is 422 g/mol. The zero-order valence-electron chi connectivity index (χ0n) is 15.3. The number of aromatic nitrogens is 1. The van der Waals surface area contributed by atoms with Gasteiger partial charge in [0, 0.05) is 18.0 Å². The number of benzene rings is 2. The largest absolute Gasteiger partial charge is 0.478 e. The molecular formula is C19H19ClN2O5S. The van der Waals surface area contributed by atoms with Crippen molar-refractivity contribution in [3.05, 3.63) is 58.4 Å². The summed E-state index contributed by atoms with van der Waals surface area (Å²) in [4.78, 5) is 15.6. The van der Waals surface area contributed by atoms with Crippen LogP contribution in [0.3, 0.4) is 0 Å². The minimum Gasteiger partial charge on any atom is -0.478 e. The number of carbonyl (C=O) groups is 1. The number of carboxylic acid groups (broad SMARTS) is 1. The van der Waals surface area contributed by atoms with Gasteiger partial charge in [-0.1, -0.05) is 31.5 Å². The minimum absolute atomic E-state index is 0.0197. The topological polar surface area (TPSA) is 110 Å². The summed E-state index contributed by atoms with van der Waals surface area (Å²) < 4.78 is 33.0. The summed E-state index contributed by atoms with van der Waals surface area (Å²) in [6.07, 6.45) is 0.237. The van der Waals surface area contributed by atoms with Gasteiger partial charge in [-0.3, -0.25) is 0 Å². The summed E-state index contributed by atoms with van der Waals surface area (Å²) >= 11 is 5.91. The molecule has 0 spiro atoms. The number of aromatic carboxylic acids is 1. The molecular weight excluding hydrogens is 404 g/mol. The van der Waals surface area contributed by atoms with Crippen LogP contribution in [-0.4, -0.2) is 31.0 Å². The van der Waals surface area contributed by atoms with Gasteiger partial charge in [-0.05, 0) is 41.8 Å². The number of hydrogen-bond donors (Lipinski definition) is 2. The molecule has 0 unspecified atom stereocenters. The van der Waals surface area contributed by atoms with E-state index >= 15 is 0 Å². The third kappa shape index (κ3) is 4.35. The molecule has 0 saturated heterocycles. The van der Waals surface area contributed by atoms with Crippen molar-refractivity contribution in [3.8, 4) is 0 Å². The Morgan fingerprint density at radius 1 is 1.25 bits per heavy atom. The Morgan fingerprint density at radius 3 is 2.68 bits per heavy atom. The summed E-state index contributed by atoms with van der Waals surface area (Å²) in [6, 6.07) is 9.17. The van der Waals surface area contributed by atoms with Gasteiger partial charge >= 0.3 is 5.97 Å². The van der Waals surface area contributed by atoms with Gasteiger partial charge in [-0.2, -0.15) is 0 Å². The molecule has 3 aromatic rings. The summed E-state index contributed by atoms with van der Waals surface area (Å²) in [5, 5.41) is 9.91. The molecule has 0 aliphatic heterocycles. The minimum atomic E-state index is -3.87. The fourth-order valence-electron chi connectivity index (χ4n) is 2.82. The molecule has 148 valence electrons. The molecule has 0 saturated carbocycles. The number of oxazole rings is 1. The second kappa shape index (κ2) is 7.90. The van der Waals surface area contributed by atoms with Crippen LogP contribution in [0.25, 0.3) is 11.1 Å². The number of rotatable bonds is 7. The molecule has 28 heavy (non-hydrogen) atoms. The molecule has 0 atom stereocenters. The number of sulfonamides is 1. The number of carboxylic acids is 1. The van der Waals surface area contributed by atoms with Crippen LogP contribution < -0.4 is 4.72 Å². The molecule has 9 heteroatoms. The maximum absolute atomic E-state index is 12.5. The molecule has 0 radical (unpaired) electrons. The van der Waals surface area contributed by atoms with Crippen LogP contribution in [0, 0.1) is 0 Å². The number of halogens is 1. The van der Waals surface area contributed by atoms with Crippen LogP contribution in [0.2, 0.25) is 5.02 Å².